The monoisotopic (exact) mass is 1150 g/mol. The summed E-state index contributed by atoms with van der Waals surface area (Å²) < 4.78 is 16.9. The van der Waals surface area contributed by atoms with E-state index in [0.717, 1.165) is 96.3 Å². The topological polar surface area (TPSA) is 78.9 Å². The van der Waals surface area contributed by atoms with Crippen LogP contribution in [-0.2, 0) is 28.6 Å². The van der Waals surface area contributed by atoms with Crippen molar-refractivity contribution in [2.45, 2.75) is 348 Å². The minimum Gasteiger partial charge on any atom is -0.462 e. The van der Waals surface area contributed by atoms with Gasteiger partial charge in [0, 0.05) is 19.3 Å². The molecule has 0 aromatic carbocycles. The number of esters is 3. The molecule has 0 fully saturated rings. The lowest BCUT2D eigenvalue weighted by Crippen LogP contribution is -2.30. The van der Waals surface area contributed by atoms with Crippen LogP contribution in [0.4, 0.5) is 0 Å². The fraction of sp³-hybridized carbons (Fsp3) is 0.727. The average molecular weight is 1150 g/mol. The maximum Gasteiger partial charge on any atom is 0.306 e. The van der Waals surface area contributed by atoms with Crippen LogP contribution in [-0.4, -0.2) is 37.2 Å². The van der Waals surface area contributed by atoms with Crippen LogP contribution in [0.1, 0.15) is 342 Å². The minimum atomic E-state index is -0.816. The lowest BCUT2D eigenvalue weighted by molar-refractivity contribution is -0.166. The summed E-state index contributed by atoms with van der Waals surface area (Å²) in [5.74, 6) is -0.991. The molecule has 0 aliphatic heterocycles. The summed E-state index contributed by atoms with van der Waals surface area (Å²) >= 11 is 0. The second-order valence-corrected chi connectivity index (χ2v) is 23.4. The molecule has 0 amide bonds. The highest BCUT2D eigenvalue weighted by Gasteiger charge is 2.19. The van der Waals surface area contributed by atoms with E-state index in [1.165, 1.54) is 199 Å². The summed E-state index contributed by atoms with van der Waals surface area (Å²) in [7, 11) is 0. The van der Waals surface area contributed by atoms with Gasteiger partial charge < -0.3 is 14.2 Å². The van der Waals surface area contributed by atoms with Crippen LogP contribution in [0.2, 0.25) is 0 Å². The minimum absolute atomic E-state index is 0.104. The Hall–Kier alpha value is -3.93. The summed E-state index contributed by atoms with van der Waals surface area (Å²) in [6, 6.07) is 0. The number of unbranched alkanes of at least 4 members (excludes halogenated alkanes) is 35. The Balaban J connectivity index is 4.21. The van der Waals surface area contributed by atoms with E-state index < -0.39 is 6.10 Å². The first-order valence-corrected chi connectivity index (χ1v) is 35.4. The van der Waals surface area contributed by atoms with Gasteiger partial charge in [0.05, 0.1) is 0 Å². The van der Waals surface area contributed by atoms with Gasteiger partial charge in [0.2, 0.25) is 0 Å². The molecular weight excluding hydrogens is 1020 g/mol. The Labute approximate surface area is 514 Å². The van der Waals surface area contributed by atoms with E-state index in [2.05, 4.69) is 124 Å². The maximum atomic E-state index is 12.9. The van der Waals surface area contributed by atoms with E-state index in [4.69, 9.17) is 14.2 Å². The Bertz CT molecular complexity index is 1660. The molecule has 0 saturated carbocycles. The molecule has 1 atom stereocenters. The zero-order chi connectivity index (χ0) is 59.9. The third-order valence-corrected chi connectivity index (χ3v) is 15.2. The molecule has 0 aromatic heterocycles. The first-order chi connectivity index (χ1) is 41.0. The van der Waals surface area contributed by atoms with Gasteiger partial charge in [0.15, 0.2) is 6.10 Å². The van der Waals surface area contributed by atoms with Crippen LogP contribution >= 0.6 is 0 Å². The smallest absolute Gasteiger partial charge is 0.306 e. The molecule has 0 aliphatic carbocycles. The van der Waals surface area contributed by atoms with Crippen molar-refractivity contribution in [1.82, 2.24) is 0 Å². The van der Waals surface area contributed by atoms with Crippen LogP contribution in [0, 0.1) is 0 Å². The van der Waals surface area contributed by atoms with Gasteiger partial charge in [-0.3, -0.25) is 14.4 Å². The molecule has 0 aromatic rings. The SMILES string of the molecule is CC/C=C\C/C=C\C/C=C\C/C=C\CCC(=O)OCC(COC(=O)CCCCCCCCCCCCCCCCCCCCCCC/C=C\C/C=C\CCCCCCC)OC(=O)CCCCCCCC/C=C\C/C=C\C/C=C\CCCCC. The Morgan fingerprint density at radius 1 is 0.253 bits per heavy atom. The molecule has 476 valence electrons. The van der Waals surface area contributed by atoms with Gasteiger partial charge in [-0.05, 0) is 116 Å². The van der Waals surface area contributed by atoms with Crippen molar-refractivity contribution in [3.63, 3.8) is 0 Å². The molecule has 0 radical (unpaired) electrons. The highest BCUT2D eigenvalue weighted by molar-refractivity contribution is 5.71. The lowest BCUT2D eigenvalue weighted by atomic mass is 10.0. The van der Waals surface area contributed by atoms with E-state index in [1.807, 2.05) is 6.08 Å². The standard InChI is InChI=1S/C77H132O6/c1-4-7-10-13-16-19-22-25-27-29-31-32-33-34-35-36-37-38-39-40-41-42-43-44-46-47-49-52-55-58-61-64-67-70-76(79)82-73-74(72-81-75(78)69-66-63-60-57-54-51-24-21-18-15-12-9-6-3)83-77(80)71-68-65-62-59-56-53-50-48-45-30-28-26-23-20-17-14-11-8-5-2/h9,12,17-18,20-22,25-26,28-29,31,45,48,51,54,60,63,74H,4-8,10-11,13-16,19,23-24,27,30,32-44,46-47,49-50,52-53,55-59,61-62,64-73H2,1-3H3/b12-9-,20-17-,21-18-,25-22-,28-26-,31-29-,48-45-,54-51-,63-60-. The van der Waals surface area contributed by atoms with E-state index in [1.54, 1.807) is 0 Å². The van der Waals surface area contributed by atoms with Crippen LogP contribution in [0.25, 0.3) is 0 Å². The molecule has 0 spiro atoms. The summed E-state index contributed by atoms with van der Waals surface area (Å²) in [5.41, 5.74) is 0. The maximum absolute atomic E-state index is 12.9. The van der Waals surface area contributed by atoms with Gasteiger partial charge in [-0.1, -0.05) is 316 Å². The summed E-state index contributed by atoms with van der Waals surface area (Å²) in [4.78, 5) is 38.3. The Morgan fingerprint density at radius 3 is 0.831 bits per heavy atom. The molecule has 6 heteroatoms. The molecule has 1 unspecified atom stereocenters. The number of hydrogen-bond acceptors (Lipinski definition) is 6. The highest BCUT2D eigenvalue weighted by Crippen LogP contribution is 2.17. The predicted molar refractivity (Wildman–Crippen MR) is 362 cm³/mol. The second kappa shape index (κ2) is 70.6. The predicted octanol–water partition coefficient (Wildman–Crippen LogP) is 24.6. The lowest BCUT2D eigenvalue weighted by Gasteiger charge is -2.18. The normalized spacial score (nSPS) is 12.8. The number of ether oxygens (including phenoxy) is 3. The molecule has 0 bridgehead atoms. The Morgan fingerprint density at radius 2 is 0.494 bits per heavy atom. The molecule has 0 N–H and O–H groups in total. The van der Waals surface area contributed by atoms with Gasteiger partial charge in [-0.2, -0.15) is 0 Å². The first kappa shape index (κ1) is 79.1. The quantitative estimate of drug-likeness (QED) is 0.0261. The van der Waals surface area contributed by atoms with E-state index in [0.29, 0.717) is 19.3 Å². The molecule has 0 aliphatic rings. The van der Waals surface area contributed by atoms with Gasteiger partial charge in [-0.25, -0.2) is 0 Å². The summed E-state index contributed by atoms with van der Waals surface area (Å²) in [6.07, 6.45) is 97.2. The van der Waals surface area contributed by atoms with Crippen molar-refractivity contribution < 1.29 is 28.6 Å². The molecule has 0 saturated heterocycles. The van der Waals surface area contributed by atoms with Crippen molar-refractivity contribution in [2.24, 2.45) is 0 Å². The van der Waals surface area contributed by atoms with Crippen molar-refractivity contribution >= 4 is 17.9 Å². The van der Waals surface area contributed by atoms with Crippen molar-refractivity contribution in [1.29, 1.82) is 0 Å². The number of carbonyl (C=O) groups is 3. The fourth-order valence-corrected chi connectivity index (χ4v) is 9.97. The van der Waals surface area contributed by atoms with Gasteiger partial charge >= 0.3 is 17.9 Å². The Kier molecular flexibility index (Phi) is 67.2. The van der Waals surface area contributed by atoms with Crippen molar-refractivity contribution in [3.05, 3.63) is 109 Å². The second-order valence-electron chi connectivity index (χ2n) is 23.4. The zero-order valence-electron chi connectivity index (χ0n) is 54.7. The van der Waals surface area contributed by atoms with Crippen LogP contribution in [0.3, 0.4) is 0 Å². The molecular formula is C77H132O6. The summed E-state index contributed by atoms with van der Waals surface area (Å²) in [5, 5.41) is 0. The average Bonchev–Trinajstić information content (AvgIpc) is 3.49. The van der Waals surface area contributed by atoms with Gasteiger partial charge in [0.25, 0.3) is 0 Å². The molecule has 6 nitrogen and oxygen atoms in total. The van der Waals surface area contributed by atoms with Crippen molar-refractivity contribution in [2.75, 3.05) is 13.2 Å². The number of hydrogen-bond donors (Lipinski definition) is 0. The van der Waals surface area contributed by atoms with Crippen molar-refractivity contribution in [3.8, 4) is 0 Å². The molecule has 83 heavy (non-hydrogen) atoms. The first-order valence-electron chi connectivity index (χ1n) is 35.4. The number of allylic oxidation sites excluding steroid dienone is 18. The molecule has 0 rings (SSSR count). The van der Waals surface area contributed by atoms with Crippen LogP contribution in [0.15, 0.2) is 109 Å². The number of carbonyl (C=O) groups excluding carboxylic acids is 3. The van der Waals surface area contributed by atoms with Crippen LogP contribution < -0.4 is 0 Å². The van der Waals surface area contributed by atoms with E-state index in [-0.39, 0.29) is 37.5 Å². The van der Waals surface area contributed by atoms with Gasteiger partial charge in [-0.15, -0.1) is 0 Å². The third kappa shape index (κ3) is 68.7. The third-order valence-electron chi connectivity index (χ3n) is 15.2. The zero-order valence-corrected chi connectivity index (χ0v) is 54.7. The van der Waals surface area contributed by atoms with E-state index in [9.17, 15) is 14.4 Å². The van der Waals surface area contributed by atoms with E-state index >= 15 is 0 Å². The van der Waals surface area contributed by atoms with Crippen LogP contribution in [0.5, 0.6) is 0 Å². The van der Waals surface area contributed by atoms with Gasteiger partial charge in [0.1, 0.15) is 13.2 Å². The fourth-order valence-electron chi connectivity index (χ4n) is 9.97. The number of rotatable bonds is 64. The largest absolute Gasteiger partial charge is 0.462 e. The highest BCUT2D eigenvalue weighted by atomic mass is 16.6. The summed E-state index contributed by atoms with van der Waals surface area (Å²) in [6.45, 7) is 6.44. The molecule has 0 heterocycles.